The minimum absolute atomic E-state index is 0.0301. The molecule has 3 aromatic rings. The van der Waals surface area contributed by atoms with Gasteiger partial charge < -0.3 is 14.5 Å². The van der Waals surface area contributed by atoms with Gasteiger partial charge in [-0.2, -0.15) is 0 Å². The van der Waals surface area contributed by atoms with Crippen molar-refractivity contribution in [3.8, 4) is 5.75 Å². The van der Waals surface area contributed by atoms with Crippen LogP contribution in [0.5, 0.6) is 5.75 Å². The van der Waals surface area contributed by atoms with Crippen LogP contribution in [-0.2, 0) is 11.2 Å². The number of benzene rings is 3. The zero-order valence-electron chi connectivity index (χ0n) is 22.0. The molecule has 3 aromatic carbocycles. The summed E-state index contributed by atoms with van der Waals surface area (Å²) >= 11 is 0. The number of nitrogens with zero attached hydrogens (tertiary/aromatic N) is 2. The first-order valence-corrected chi connectivity index (χ1v) is 13.4. The van der Waals surface area contributed by atoms with Crippen molar-refractivity contribution in [3.63, 3.8) is 0 Å². The molecular formula is C32H38N2O3. The summed E-state index contributed by atoms with van der Waals surface area (Å²) < 4.78 is 6.36. The molecule has 4 rings (SSSR count). The van der Waals surface area contributed by atoms with E-state index in [0.29, 0.717) is 37.4 Å². The first kappa shape index (κ1) is 26.5. The monoisotopic (exact) mass is 498 g/mol. The fourth-order valence-corrected chi connectivity index (χ4v) is 5.13. The van der Waals surface area contributed by atoms with Crippen LogP contribution < -0.4 is 4.74 Å². The first-order valence-electron chi connectivity index (χ1n) is 13.4. The molecule has 2 amide bonds. The van der Waals surface area contributed by atoms with Crippen LogP contribution in [-0.4, -0.2) is 54.4 Å². The molecule has 5 heteroatoms. The van der Waals surface area contributed by atoms with Gasteiger partial charge in [0.2, 0.25) is 5.91 Å². The second-order valence-corrected chi connectivity index (χ2v) is 9.84. The lowest BCUT2D eigenvalue weighted by Gasteiger charge is -2.35. The lowest BCUT2D eigenvalue weighted by Crippen LogP contribution is -2.47. The summed E-state index contributed by atoms with van der Waals surface area (Å²) in [4.78, 5) is 31.1. The van der Waals surface area contributed by atoms with Crippen molar-refractivity contribution in [2.45, 2.75) is 51.0 Å². The van der Waals surface area contributed by atoms with Gasteiger partial charge in [0, 0.05) is 20.1 Å². The molecule has 0 fully saturated rings. The van der Waals surface area contributed by atoms with E-state index >= 15 is 0 Å². The van der Waals surface area contributed by atoms with E-state index in [1.807, 2.05) is 79.8 Å². The number of rotatable bonds is 5. The maximum Gasteiger partial charge on any atom is 0.257 e. The van der Waals surface area contributed by atoms with E-state index in [1.165, 1.54) is 0 Å². The van der Waals surface area contributed by atoms with Gasteiger partial charge in [-0.05, 0) is 55.4 Å². The summed E-state index contributed by atoms with van der Waals surface area (Å²) in [6.07, 6.45) is 4.15. The Bertz CT molecular complexity index is 1150. The number of carbonyl (C=O) groups excluding carboxylic acids is 2. The van der Waals surface area contributed by atoms with Crippen molar-refractivity contribution in [1.82, 2.24) is 9.80 Å². The highest BCUT2D eigenvalue weighted by Gasteiger charge is 2.31. The van der Waals surface area contributed by atoms with Gasteiger partial charge >= 0.3 is 0 Å². The van der Waals surface area contributed by atoms with E-state index in [-0.39, 0.29) is 23.8 Å². The van der Waals surface area contributed by atoms with E-state index in [1.54, 1.807) is 4.90 Å². The molecule has 194 valence electrons. The van der Waals surface area contributed by atoms with E-state index in [9.17, 15) is 9.59 Å². The first-order chi connectivity index (χ1) is 18.1. The van der Waals surface area contributed by atoms with Gasteiger partial charge in [0.15, 0.2) is 0 Å². The van der Waals surface area contributed by atoms with E-state index < -0.39 is 0 Å². The van der Waals surface area contributed by atoms with Crippen LogP contribution in [0.2, 0.25) is 0 Å². The van der Waals surface area contributed by atoms with Crippen LogP contribution in [0.4, 0.5) is 0 Å². The Kier molecular flexibility index (Phi) is 9.36. The molecule has 1 aliphatic heterocycles. The zero-order chi connectivity index (χ0) is 26.0. The molecule has 37 heavy (non-hydrogen) atoms. The third-order valence-corrected chi connectivity index (χ3v) is 7.23. The summed E-state index contributed by atoms with van der Waals surface area (Å²) in [5.74, 6) is 0.487. The largest absolute Gasteiger partial charge is 0.491 e. The second kappa shape index (κ2) is 13.1. The fourth-order valence-electron chi connectivity index (χ4n) is 5.13. The van der Waals surface area contributed by atoms with Crippen molar-refractivity contribution in [2.24, 2.45) is 0 Å². The summed E-state index contributed by atoms with van der Waals surface area (Å²) in [5.41, 5.74) is 2.78. The molecule has 0 aliphatic carbocycles. The van der Waals surface area contributed by atoms with Crippen LogP contribution in [0.3, 0.4) is 0 Å². The normalized spacial score (nSPS) is 18.0. The Morgan fingerprint density at radius 2 is 1.54 bits per heavy atom. The summed E-state index contributed by atoms with van der Waals surface area (Å²) in [6, 6.07) is 27.6. The minimum atomic E-state index is -0.199. The molecule has 5 nitrogen and oxygen atoms in total. The molecule has 0 spiro atoms. The number of amides is 2. The Labute approximate surface area is 221 Å². The quantitative estimate of drug-likeness (QED) is 0.436. The van der Waals surface area contributed by atoms with Crippen molar-refractivity contribution < 1.29 is 14.3 Å². The molecule has 0 N–H and O–H groups in total. The standard InChI is InChI=1S/C32H38N2O3/c1-3-28(26-17-9-5-10-18-26)32(36)34-22-14-6-13-21-33(2)31(35)29-19-11-12-20-30(29)37-24-27(34)23-25-15-7-4-8-16-25/h4-5,7-12,15-20,27-28H,3,6,13-14,21-24H2,1-2H3/t27-,28?/m1/s1. The van der Waals surface area contributed by atoms with Crippen molar-refractivity contribution in [3.05, 3.63) is 102 Å². The van der Waals surface area contributed by atoms with Gasteiger partial charge in [0.1, 0.15) is 12.4 Å². The number of ether oxygens (including phenoxy) is 1. The summed E-state index contributed by atoms with van der Waals surface area (Å²) in [6.45, 7) is 3.75. The third-order valence-electron chi connectivity index (χ3n) is 7.23. The zero-order valence-corrected chi connectivity index (χ0v) is 22.0. The van der Waals surface area contributed by atoms with Gasteiger partial charge in [-0.1, -0.05) is 79.7 Å². The van der Waals surface area contributed by atoms with E-state index in [2.05, 4.69) is 24.0 Å². The topological polar surface area (TPSA) is 49.9 Å². The number of para-hydroxylation sites is 1. The molecule has 1 aliphatic rings. The van der Waals surface area contributed by atoms with Crippen LogP contribution in [0.15, 0.2) is 84.9 Å². The predicted molar refractivity (Wildman–Crippen MR) is 148 cm³/mol. The van der Waals surface area contributed by atoms with Crippen LogP contribution >= 0.6 is 0 Å². The average molecular weight is 499 g/mol. The molecule has 0 bridgehead atoms. The van der Waals surface area contributed by atoms with Gasteiger partial charge in [0.05, 0.1) is 17.5 Å². The second-order valence-electron chi connectivity index (χ2n) is 9.84. The maximum atomic E-state index is 14.2. The van der Waals surface area contributed by atoms with Gasteiger partial charge in [-0.25, -0.2) is 0 Å². The minimum Gasteiger partial charge on any atom is -0.491 e. The molecule has 0 saturated heterocycles. The number of carbonyl (C=O) groups is 2. The SMILES string of the molecule is CCC(C(=O)N1CCCCCN(C)C(=O)c2ccccc2OC[C@H]1Cc1ccccc1)c1ccccc1. The summed E-state index contributed by atoms with van der Waals surface area (Å²) in [5, 5.41) is 0. The van der Waals surface area contributed by atoms with Gasteiger partial charge in [-0.15, -0.1) is 0 Å². The Morgan fingerprint density at radius 1 is 0.892 bits per heavy atom. The predicted octanol–water partition coefficient (Wildman–Crippen LogP) is 5.96. The molecular weight excluding hydrogens is 460 g/mol. The highest BCUT2D eigenvalue weighted by Crippen LogP contribution is 2.26. The smallest absolute Gasteiger partial charge is 0.257 e. The molecule has 0 saturated carbocycles. The van der Waals surface area contributed by atoms with E-state index in [4.69, 9.17) is 4.74 Å². The molecule has 0 aromatic heterocycles. The molecule has 1 heterocycles. The molecule has 2 atom stereocenters. The van der Waals surface area contributed by atoms with Gasteiger partial charge in [0.25, 0.3) is 5.91 Å². The number of hydrogen-bond acceptors (Lipinski definition) is 3. The number of fused-ring (bicyclic) bond motifs is 1. The third kappa shape index (κ3) is 6.79. The number of hydrogen-bond donors (Lipinski definition) is 0. The summed E-state index contributed by atoms with van der Waals surface area (Å²) in [7, 11) is 1.85. The highest BCUT2D eigenvalue weighted by molar-refractivity contribution is 5.96. The van der Waals surface area contributed by atoms with Crippen molar-refractivity contribution in [2.75, 3.05) is 26.7 Å². The molecule has 1 unspecified atom stereocenters. The fraction of sp³-hybridized carbons (Fsp3) is 0.375. The Hall–Kier alpha value is -3.60. The van der Waals surface area contributed by atoms with Crippen LogP contribution in [0.1, 0.15) is 60.0 Å². The Balaban J connectivity index is 1.69. The van der Waals surface area contributed by atoms with Gasteiger partial charge in [-0.3, -0.25) is 9.59 Å². The van der Waals surface area contributed by atoms with E-state index in [0.717, 1.165) is 36.8 Å². The van der Waals surface area contributed by atoms with Crippen molar-refractivity contribution in [1.29, 1.82) is 0 Å². The Morgan fingerprint density at radius 3 is 2.27 bits per heavy atom. The van der Waals surface area contributed by atoms with Crippen LogP contribution in [0, 0.1) is 0 Å². The van der Waals surface area contributed by atoms with Crippen LogP contribution in [0.25, 0.3) is 0 Å². The van der Waals surface area contributed by atoms with Crippen molar-refractivity contribution >= 4 is 11.8 Å². The average Bonchev–Trinajstić information content (AvgIpc) is 2.94. The maximum absolute atomic E-state index is 14.2. The molecule has 0 radical (unpaired) electrons. The lowest BCUT2D eigenvalue weighted by atomic mass is 9.93. The highest BCUT2D eigenvalue weighted by atomic mass is 16.5. The lowest BCUT2D eigenvalue weighted by molar-refractivity contribution is -0.136.